The molecule has 0 spiro atoms. The Morgan fingerprint density at radius 1 is 1.12 bits per heavy atom. The third kappa shape index (κ3) is 4.14. The summed E-state index contributed by atoms with van der Waals surface area (Å²) in [5.74, 6) is 0. The smallest absolute Gasteiger partial charge is 0.240 e. The van der Waals surface area contributed by atoms with Crippen molar-refractivity contribution in [1.29, 1.82) is 0 Å². The van der Waals surface area contributed by atoms with Gasteiger partial charge in [-0.1, -0.05) is 38.1 Å². The van der Waals surface area contributed by atoms with E-state index in [9.17, 15) is 8.42 Å². The molecule has 0 fully saturated rings. The van der Waals surface area contributed by atoms with Crippen LogP contribution in [0, 0.1) is 0 Å². The molecule has 1 aromatic carbocycles. The highest BCUT2D eigenvalue weighted by Crippen LogP contribution is 2.23. The van der Waals surface area contributed by atoms with Gasteiger partial charge in [0.1, 0.15) is 0 Å². The molecule has 0 aliphatic carbocycles. The summed E-state index contributed by atoms with van der Waals surface area (Å²) in [6, 6.07) is 10.6. The summed E-state index contributed by atoms with van der Waals surface area (Å²) in [7, 11) is -3.62. The summed E-state index contributed by atoms with van der Waals surface area (Å²) in [5.41, 5.74) is 2.33. The van der Waals surface area contributed by atoms with Crippen molar-refractivity contribution in [3.05, 3.63) is 66.2 Å². The van der Waals surface area contributed by atoms with Gasteiger partial charge in [-0.15, -0.1) is 5.10 Å². The van der Waals surface area contributed by atoms with Crippen LogP contribution in [-0.4, -0.2) is 28.4 Å². The predicted molar refractivity (Wildman–Crippen MR) is 98.3 cm³/mol. The molecule has 1 N–H and O–H groups in total. The van der Waals surface area contributed by atoms with Gasteiger partial charge in [-0.05, 0) is 35.2 Å². The van der Waals surface area contributed by atoms with E-state index < -0.39 is 10.0 Å². The van der Waals surface area contributed by atoms with E-state index in [1.54, 1.807) is 41.5 Å². The first-order valence-electron chi connectivity index (χ1n) is 8.17. The largest absolute Gasteiger partial charge is 0.262 e. The summed E-state index contributed by atoms with van der Waals surface area (Å²) in [4.78, 5) is 4.25. The predicted octanol–water partition coefficient (Wildman–Crippen LogP) is 2.44. The molecule has 3 aromatic rings. The van der Waals surface area contributed by atoms with Crippen LogP contribution in [0.1, 0.15) is 32.0 Å². The van der Waals surface area contributed by atoms with Crippen LogP contribution in [0.2, 0.25) is 0 Å². The molecule has 0 saturated heterocycles. The SMILES string of the molecule is CC(C)(C)c1ccc(S(=O)(=O)NCc2cn(-c3cccnc3)nn2)cc1. The van der Waals surface area contributed by atoms with E-state index in [0.717, 1.165) is 11.3 Å². The molecule has 0 radical (unpaired) electrons. The molecular weight excluding hydrogens is 350 g/mol. The molecule has 3 rings (SSSR count). The van der Waals surface area contributed by atoms with E-state index in [2.05, 4.69) is 40.8 Å². The Labute approximate surface area is 153 Å². The minimum atomic E-state index is -3.62. The van der Waals surface area contributed by atoms with Gasteiger partial charge in [0, 0.05) is 6.20 Å². The van der Waals surface area contributed by atoms with Crippen molar-refractivity contribution in [3.63, 3.8) is 0 Å². The molecule has 0 atom stereocenters. The molecule has 2 aromatic heterocycles. The van der Waals surface area contributed by atoms with Crippen LogP contribution in [0.5, 0.6) is 0 Å². The standard InChI is InChI=1S/C18H21N5O2S/c1-18(2,3)14-6-8-17(9-7-14)26(24,25)20-11-15-13-23(22-21-15)16-5-4-10-19-12-16/h4-10,12-13,20H,11H2,1-3H3. The van der Waals surface area contributed by atoms with Crippen molar-refractivity contribution in [1.82, 2.24) is 24.7 Å². The Bertz CT molecular complexity index is 974. The first-order chi connectivity index (χ1) is 12.3. The minimum Gasteiger partial charge on any atom is -0.262 e. The van der Waals surface area contributed by atoms with Gasteiger partial charge in [0.25, 0.3) is 0 Å². The second-order valence-corrected chi connectivity index (χ2v) is 8.73. The molecule has 0 amide bonds. The van der Waals surface area contributed by atoms with Crippen molar-refractivity contribution in [2.24, 2.45) is 0 Å². The molecule has 0 aliphatic heterocycles. The first-order valence-corrected chi connectivity index (χ1v) is 9.66. The van der Waals surface area contributed by atoms with E-state index in [0.29, 0.717) is 5.69 Å². The van der Waals surface area contributed by atoms with E-state index in [1.165, 1.54) is 0 Å². The quantitative estimate of drug-likeness (QED) is 0.744. The molecule has 2 heterocycles. The topological polar surface area (TPSA) is 89.8 Å². The van der Waals surface area contributed by atoms with Crippen LogP contribution in [0.25, 0.3) is 5.69 Å². The number of aromatic nitrogens is 4. The molecule has 0 saturated carbocycles. The Balaban J connectivity index is 1.70. The fourth-order valence-electron chi connectivity index (χ4n) is 2.38. The lowest BCUT2D eigenvalue weighted by molar-refractivity contribution is 0.577. The number of nitrogens with one attached hydrogen (secondary N) is 1. The van der Waals surface area contributed by atoms with Gasteiger partial charge in [0.15, 0.2) is 0 Å². The van der Waals surface area contributed by atoms with Gasteiger partial charge in [-0.2, -0.15) is 0 Å². The van der Waals surface area contributed by atoms with Crippen molar-refractivity contribution in [2.45, 2.75) is 37.6 Å². The number of hydrogen-bond acceptors (Lipinski definition) is 5. The highest BCUT2D eigenvalue weighted by Gasteiger charge is 2.18. The molecule has 8 heteroatoms. The van der Waals surface area contributed by atoms with Crippen LogP contribution in [0.15, 0.2) is 59.9 Å². The maximum absolute atomic E-state index is 12.5. The third-order valence-corrected chi connectivity index (χ3v) is 5.34. The molecule has 136 valence electrons. The Morgan fingerprint density at radius 3 is 2.46 bits per heavy atom. The monoisotopic (exact) mass is 371 g/mol. The van der Waals surface area contributed by atoms with Gasteiger partial charge in [-0.3, -0.25) is 4.98 Å². The number of sulfonamides is 1. The van der Waals surface area contributed by atoms with Gasteiger partial charge in [0.2, 0.25) is 10.0 Å². The molecular formula is C18H21N5O2S. The Hall–Kier alpha value is -2.58. The van der Waals surface area contributed by atoms with Gasteiger partial charge in [-0.25, -0.2) is 17.8 Å². The van der Waals surface area contributed by atoms with E-state index in [4.69, 9.17) is 0 Å². The summed E-state index contributed by atoms with van der Waals surface area (Å²) < 4.78 is 29.0. The average Bonchev–Trinajstić information content (AvgIpc) is 3.09. The number of rotatable bonds is 5. The second-order valence-electron chi connectivity index (χ2n) is 6.96. The van der Waals surface area contributed by atoms with Gasteiger partial charge in [0.05, 0.1) is 35.2 Å². The molecule has 7 nitrogen and oxygen atoms in total. The molecule has 0 bridgehead atoms. The van der Waals surface area contributed by atoms with E-state index >= 15 is 0 Å². The average molecular weight is 371 g/mol. The number of hydrogen-bond donors (Lipinski definition) is 1. The highest BCUT2D eigenvalue weighted by molar-refractivity contribution is 7.89. The first kappa shape index (κ1) is 18.2. The number of benzene rings is 1. The van der Waals surface area contributed by atoms with Crippen molar-refractivity contribution in [2.75, 3.05) is 0 Å². The van der Waals surface area contributed by atoms with Gasteiger partial charge < -0.3 is 0 Å². The highest BCUT2D eigenvalue weighted by atomic mass is 32.2. The summed E-state index contributed by atoms with van der Waals surface area (Å²) in [6.45, 7) is 6.31. The zero-order valence-electron chi connectivity index (χ0n) is 14.9. The minimum absolute atomic E-state index is 0.0273. The normalized spacial score (nSPS) is 12.3. The molecule has 26 heavy (non-hydrogen) atoms. The zero-order chi connectivity index (χ0) is 18.8. The fraction of sp³-hybridized carbons (Fsp3) is 0.278. The van der Waals surface area contributed by atoms with Crippen molar-refractivity contribution >= 4 is 10.0 Å². The lowest BCUT2D eigenvalue weighted by Gasteiger charge is -2.19. The third-order valence-electron chi connectivity index (χ3n) is 3.93. The lowest BCUT2D eigenvalue weighted by Crippen LogP contribution is -2.23. The lowest BCUT2D eigenvalue weighted by atomic mass is 9.87. The van der Waals surface area contributed by atoms with Crippen molar-refractivity contribution < 1.29 is 8.42 Å². The van der Waals surface area contributed by atoms with Crippen LogP contribution in [0.4, 0.5) is 0 Å². The zero-order valence-corrected chi connectivity index (χ0v) is 15.7. The van der Waals surface area contributed by atoms with E-state index in [1.807, 2.05) is 18.2 Å². The van der Waals surface area contributed by atoms with E-state index in [-0.39, 0.29) is 16.9 Å². The van der Waals surface area contributed by atoms with Gasteiger partial charge >= 0.3 is 0 Å². The maximum atomic E-state index is 12.5. The Morgan fingerprint density at radius 2 is 1.85 bits per heavy atom. The second kappa shape index (κ2) is 6.97. The maximum Gasteiger partial charge on any atom is 0.240 e. The van der Waals surface area contributed by atoms with Crippen LogP contribution < -0.4 is 4.72 Å². The molecule has 0 unspecified atom stereocenters. The van der Waals surface area contributed by atoms with Crippen LogP contribution >= 0.6 is 0 Å². The van der Waals surface area contributed by atoms with Crippen LogP contribution in [-0.2, 0) is 22.0 Å². The number of pyridine rings is 1. The summed E-state index contributed by atoms with van der Waals surface area (Å²) in [5, 5.41) is 7.98. The van der Waals surface area contributed by atoms with Crippen molar-refractivity contribution in [3.8, 4) is 5.69 Å². The Kier molecular flexibility index (Phi) is 4.88. The van der Waals surface area contributed by atoms with Crippen LogP contribution in [0.3, 0.4) is 0 Å². The summed E-state index contributed by atoms with van der Waals surface area (Å²) in [6.07, 6.45) is 4.99. The summed E-state index contributed by atoms with van der Waals surface area (Å²) >= 11 is 0. The number of nitrogens with zero attached hydrogens (tertiary/aromatic N) is 4. The fourth-order valence-corrected chi connectivity index (χ4v) is 3.38. The molecule has 0 aliphatic rings.